The fourth-order valence-electron chi connectivity index (χ4n) is 1.57. The number of aryl methyl sites for hydroxylation is 2. The molecule has 0 amide bonds. The molecule has 1 aromatic heterocycles. The van der Waals surface area contributed by atoms with Crippen molar-refractivity contribution in [3.8, 4) is 0 Å². The van der Waals surface area contributed by atoms with Crippen LogP contribution in [0.4, 0.5) is 0 Å². The fourth-order valence-corrected chi connectivity index (χ4v) is 2.03. The van der Waals surface area contributed by atoms with Crippen molar-refractivity contribution >= 4 is 16.2 Å². The van der Waals surface area contributed by atoms with Gasteiger partial charge in [0.1, 0.15) is 12.4 Å². The molecule has 1 aromatic rings. The van der Waals surface area contributed by atoms with Gasteiger partial charge in [-0.3, -0.25) is 0 Å². The summed E-state index contributed by atoms with van der Waals surface area (Å²) in [5.74, 6) is 0.750. The first-order valence-corrected chi connectivity index (χ1v) is 7.34. The third-order valence-electron chi connectivity index (χ3n) is 2.74. The maximum Gasteiger partial charge on any atom is 0.303 e. The molecule has 9 heteroatoms. The van der Waals surface area contributed by atoms with E-state index in [2.05, 4.69) is 5.16 Å². The van der Waals surface area contributed by atoms with Gasteiger partial charge in [0.05, 0.1) is 19.8 Å². The highest BCUT2D eigenvalue weighted by molar-refractivity contribution is 7.88. The number of halogens is 1. The first-order chi connectivity index (χ1) is 8.36. The van der Waals surface area contributed by atoms with Gasteiger partial charge in [0.15, 0.2) is 6.21 Å². The van der Waals surface area contributed by atoms with E-state index in [9.17, 15) is 8.42 Å². The van der Waals surface area contributed by atoms with E-state index in [-0.39, 0.29) is 12.4 Å². The standard InChI is InChI=1S/C10H18N4O3S.ClH/c1-12-7-8-14(10(12)9-11-15)6-4-5-13(2)18(3,16)17;/h7-9H,4-6H2,1-3H3;1H. The van der Waals surface area contributed by atoms with Crippen molar-refractivity contribution in [1.82, 2.24) is 8.87 Å². The zero-order valence-corrected chi connectivity index (χ0v) is 12.8. The third kappa shape index (κ3) is 5.17. The summed E-state index contributed by atoms with van der Waals surface area (Å²) in [6.07, 6.45) is 6.92. The second-order valence-electron chi connectivity index (χ2n) is 4.14. The summed E-state index contributed by atoms with van der Waals surface area (Å²) in [5, 5.41) is 11.6. The number of oxime groups is 1. The van der Waals surface area contributed by atoms with Crippen LogP contribution in [0, 0.1) is 0 Å². The molecule has 0 spiro atoms. The Kier molecular flexibility index (Phi) is 7.02. The summed E-state index contributed by atoms with van der Waals surface area (Å²) in [7, 11) is 0.280. The molecule has 110 valence electrons. The van der Waals surface area contributed by atoms with E-state index in [1.54, 1.807) is 7.05 Å². The molecule has 1 rings (SSSR count). The maximum absolute atomic E-state index is 11.2. The minimum absolute atomic E-state index is 0. The molecule has 19 heavy (non-hydrogen) atoms. The first kappa shape index (κ1) is 17.9. The largest absolute Gasteiger partial charge is 1.00 e. The molecule has 1 heterocycles. The number of hydrogen-bond donors (Lipinski definition) is 1. The lowest BCUT2D eigenvalue weighted by molar-refractivity contribution is -0.671. The summed E-state index contributed by atoms with van der Waals surface area (Å²) in [5.41, 5.74) is 0. The first-order valence-electron chi connectivity index (χ1n) is 5.49. The summed E-state index contributed by atoms with van der Waals surface area (Å²) in [6.45, 7) is 1.11. The summed E-state index contributed by atoms with van der Waals surface area (Å²) in [6, 6.07) is 0. The molecule has 0 bridgehead atoms. The van der Waals surface area contributed by atoms with Gasteiger partial charge in [-0.25, -0.2) is 21.9 Å². The molecular formula is C10H19ClN4O3S. The molecule has 0 aliphatic rings. The fraction of sp³-hybridized carbons (Fsp3) is 0.600. The molecule has 0 radical (unpaired) electrons. The average molecular weight is 311 g/mol. The molecule has 0 fully saturated rings. The van der Waals surface area contributed by atoms with Crippen molar-refractivity contribution in [2.75, 3.05) is 19.8 Å². The van der Waals surface area contributed by atoms with E-state index in [1.165, 1.54) is 16.8 Å². The topological polar surface area (TPSA) is 78.8 Å². The third-order valence-corrected chi connectivity index (χ3v) is 4.05. The van der Waals surface area contributed by atoms with E-state index >= 15 is 0 Å². The Labute approximate surface area is 119 Å². The second kappa shape index (κ2) is 7.46. The van der Waals surface area contributed by atoms with Gasteiger partial charge in [0, 0.05) is 13.6 Å². The average Bonchev–Trinajstić information content (AvgIpc) is 2.60. The van der Waals surface area contributed by atoms with E-state index < -0.39 is 10.0 Å². The predicted octanol–water partition coefficient (Wildman–Crippen LogP) is -3.59. The van der Waals surface area contributed by atoms with E-state index in [1.807, 2.05) is 28.6 Å². The number of hydrogen-bond acceptors (Lipinski definition) is 4. The Morgan fingerprint density at radius 1 is 1.58 bits per heavy atom. The van der Waals surface area contributed by atoms with Crippen LogP contribution in [0.3, 0.4) is 0 Å². The Morgan fingerprint density at radius 2 is 2.21 bits per heavy atom. The number of aromatic nitrogens is 2. The number of imidazole rings is 1. The van der Waals surface area contributed by atoms with Gasteiger partial charge in [-0.1, -0.05) is 5.16 Å². The smallest absolute Gasteiger partial charge is 0.303 e. The molecule has 0 atom stereocenters. The second-order valence-corrected chi connectivity index (χ2v) is 6.23. The van der Waals surface area contributed by atoms with Crippen LogP contribution < -0.4 is 17.0 Å². The van der Waals surface area contributed by atoms with Crippen LogP contribution in [-0.2, 0) is 23.6 Å². The van der Waals surface area contributed by atoms with Gasteiger partial charge in [0.2, 0.25) is 10.0 Å². The molecule has 0 saturated heterocycles. The van der Waals surface area contributed by atoms with Gasteiger partial charge >= 0.3 is 5.82 Å². The number of rotatable bonds is 6. The van der Waals surface area contributed by atoms with Gasteiger partial charge in [-0.2, -0.15) is 0 Å². The van der Waals surface area contributed by atoms with Crippen molar-refractivity contribution < 1.29 is 30.6 Å². The highest BCUT2D eigenvalue weighted by Crippen LogP contribution is 1.99. The Balaban J connectivity index is 0.00000324. The SMILES string of the molecule is CN(CCCn1cc[n+](C)c1/C=N/O)S(C)(=O)=O.[Cl-]. The molecule has 0 saturated carbocycles. The number of nitrogens with zero attached hydrogens (tertiary/aromatic N) is 4. The normalized spacial score (nSPS) is 12.0. The van der Waals surface area contributed by atoms with Crippen molar-refractivity contribution in [2.24, 2.45) is 12.2 Å². The quantitative estimate of drug-likeness (QED) is 0.255. The summed E-state index contributed by atoms with van der Waals surface area (Å²) in [4.78, 5) is 0. The van der Waals surface area contributed by atoms with Crippen LogP contribution >= 0.6 is 0 Å². The molecule has 7 nitrogen and oxygen atoms in total. The van der Waals surface area contributed by atoms with Gasteiger partial charge in [0.25, 0.3) is 0 Å². The van der Waals surface area contributed by atoms with E-state index in [0.29, 0.717) is 19.5 Å². The number of sulfonamides is 1. The van der Waals surface area contributed by atoms with Crippen LogP contribution in [0.2, 0.25) is 0 Å². The van der Waals surface area contributed by atoms with E-state index in [4.69, 9.17) is 5.21 Å². The molecule has 0 aliphatic carbocycles. The van der Waals surface area contributed by atoms with Gasteiger partial charge in [-0.05, 0) is 6.42 Å². The highest BCUT2D eigenvalue weighted by atomic mass is 35.5. The van der Waals surface area contributed by atoms with Crippen molar-refractivity contribution in [3.63, 3.8) is 0 Å². The van der Waals surface area contributed by atoms with Crippen LogP contribution in [-0.4, -0.2) is 48.6 Å². The maximum atomic E-state index is 11.2. The molecule has 0 aliphatic heterocycles. The zero-order chi connectivity index (χ0) is 13.8. The molecule has 0 aromatic carbocycles. The van der Waals surface area contributed by atoms with Crippen LogP contribution in [0.5, 0.6) is 0 Å². The van der Waals surface area contributed by atoms with Crippen LogP contribution in [0.25, 0.3) is 0 Å². The minimum atomic E-state index is -3.12. The lowest BCUT2D eigenvalue weighted by Crippen LogP contribution is -3.00. The highest BCUT2D eigenvalue weighted by Gasteiger charge is 2.14. The summed E-state index contributed by atoms with van der Waals surface area (Å²) >= 11 is 0. The van der Waals surface area contributed by atoms with Crippen molar-refractivity contribution in [3.05, 3.63) is 18.2 Å². The van der Waals surface area contributed by atoms with Crippen molar-refractivity contribution in [1.29, 1.82) is 0 Å². The monoisotopic (exact) mass is 310 g/mol. The zero-order valence-electron chi connectivity index (χ0n) is 11.2. The Morgan fingerprint density at radius 3 is 2.74 bits per heavy atom. The Hall–Kier alpha value is -1.12. The Bertz CT molecular complexity index is 527. The van der Waals surface area contributed by atoms with Crippen LogP contribution in [0.15, 0.2) is 17.5 Å². The minimum Gasteiger partial charge on any atom is -1.00 e. The van der Waals surface area contributed by atoms with E-state index in [0.717, 1.165) is 5.82 Å². The van der Waals surface area contributed by atoms with Crippen LogP contribution in [0.1, 0.15) is 12.2 Å². The van der Waals surface area contributed by atoms with Gasteiger partial charge < -0.3 is 17.6 Å². The lowest BCUT2D eigenvalue weighted by Gasteiger charge is -2.12. The lowest BCUT2D eigenvalue weighted by atomic mass is 10.4. The van der Waals surface area contributed by atoms with Gasteiger partial charge in [-0.15, -0.1) is 0 Å². The molecular weight excluding hydrogens is 292 g/mol. The molecule has 0 unspecified atom stereocenters. The summed E-state index contributed by atoms with van der Waals surface area (Å²) < 4.78 is 27.4. The van der Waals surface area contributed by atoms with Crippen molar-refractivity contribution in [2.45, 2.75) is 13.0 Å². The predicted molar refractivity (Wildman–Crippen MR) is 67.1 cm³/mol. The molecule has 1 N–H and O–H groups in total.